The predicted octanol–water partition coefficient (Wildman–Crippen LogP) is 1.21. The number of rotatable bonds is 5. The minimum absolute atomic E-state index is 0. The van der Waals surface area contributed by atoms with Gasteiger partial charge in [0.25, 0.3) is 11.5 Å². The summed E-state index contributed by atoms with van der Waals surface area (Å²) in [6.07, 6.45) is 0. The Morgan fingerprint density at radius 2 is 1.96 bits per heavy atom. The van der Waals surface area contributed by atoms with Crippen molar-refractivity contribution in [1.29, 1.82) is 0 Å². The number of benzene rings is 1. The number of aromatic hydroxyl groups is 1. The zero-order valence-corrected chi connectivity index (χ0v) is 15.6. The number of ether oxygens (including phenoxy) is 1. The maximum Gasteiger partial charge on any atom is 0.267 e. The van der Waals surface area contributed by atoms with Crippen LogP contribution in [-0.2, 0) is 11.3 Å². The smallest absolute Gasteiger partial charge is 0.267 e. The summed E-state index contributed by atoms with van der Waals surface area (Å²) < 4.78 is 6.79. The molecule has 0 aliphatic carbocycles. The highest BCUT2D eigenvalue weighted by Crippen LogP contribution is 2.26. The van der Waals surface area contributed by atoms with E-state index in [1.807, 2.05) is 6.92 Å². The van der Waals surface area contributed by atoms with E-state index in [1.54, 1.807) is 24.3 Å². The topological polar surface area (TPSA) is 83.8 Å². The molecule has 8 heteroatoms. The van der Waals surface area contributed by atoms with Crippen LogP contribution < -0.4 is 10.9 Å². The number of morpholine rings is 1. The Bertz CT molecular complexity index is 831. The minimum Gasteiger partial charge on any atom is -0.506 e. The third-order valence-electron chi connectivity index (χ3n) is 4.51. The Morgan fingerprint density at radius 3 is 2.65 bits per heavy atom. The number of hydrogen-bond acceptors (Lipinski definition) is 5. The standard InChI is InChI=1S/C18H23N3O4.ClH/c1-2-21-14-6-4-3-5-13(14)16(22)15(18(21)24)17(23)19-7-8-20-9-11-25-12-10-20;/h3-6,22H,2,7-12H2,1H3,(H,19,23);1H. The lowest BCUT2D eigenvalue weighted by Crippen LogP contribution is -2.42. The second kappa shape index (κ2) is 9.02. The van der Waals surface area contributed by atoms with E-state index in [2.05, 4.69) is 10.2 Å². The number of carbonyl (C=O) groups is 1. The zero-order chi connectivity index (χ0) is 17.8. The first-order valence-electron chi connectivity index (χ1n) is 8.56. The predicted molar refractivity (Wildman–Crippen MR) is 102 cm³/mol. The van der Waals surface area contributed by atoms with Crippen molar-refractivity contribution in [2.75, 3.05) is 39.4 Å². The molecule has 2 N–H and O–H groups in total. The van der Waals surface area contributed by atoms with Gasteiger partial charge in [0.2, 0.25) is 0 Å². The molecule has 1 fully saturated rings. The molecule has 0 saturated carbocycles. The SMILES string of the molecule is CCn1c(=O)c(C(=O)NCCN2CCOCC2)c(O)c2ccccc21.Cl. The molecule has 1 aromatic heterocycles. The van der Waals surface area contributed by atoms with E-state index < -0.39 is 11.5 Å². The number of nitrogens with one attached hydrogen (secondary N) is 1. The average Bonchev–Trinajstić information content (AvgIpc) is 2.63. The van der Waals surface area contributed by atoms with Crippen LogP contribution in [0, 0.1) is 0 Å². The maximum atomic E-state index is 12.7. The molecule has 1 aliphatic heterocycles. The van der Waals surface area contributed by atoms with E-state index >= 15 is 0 Å². The summed E-state index contributed by atoms with van der Waals surface area (Å²) in [7, 11) is 0. The first-order valence-corrected chi connectivity index (χ1v) is 8.56. The highest BCUT2D eigenvalue weighted by molar-refractivity contribution is 6.02. The third kappa shape index (κ3) is 4.00. The van der Waals surface area contributed by atoms with Gasteiger partial charge >= 0.3 is 0 Å². The van der Waals surface area contributed by atoms with Gasteiger partial charge in [-0.1, -0.05) is 12.1 Å². The number of amides is 1. The summed E-state index contributed by atoms with van der Waals surface area (Å²) in [6, 6.07) is 7.04. The van der Waals surface area contributed by atoms with Crippen LogP contribution in [0.2, 0.25) is 0 Å². The second-order valence-electron chi connectivity index (χ2n) is 6.00. The van der Waals surface area contributed by atoms with Gasteiger partial charge in [0.05, 0.1) is 18.7 Å². The van der Waals surface area contributed by atoms with Crippen molar-refractivity contribution in [1.82, 2.24) is 14.8 Å². The fourth-order valence-corrected chi connectivity index (χ4v) is 3.15. The normalized spacial score (nSPS) is 14.8. The van der Waals surface area contributed by atoms with E-state index in [4.69, 9.17) is 4.74 Å². The summed E-state index contributed by atoms with van der Waals surface area (Å²) in [5.74, 6) is -0.794. The van der Waals surface area contributed by atoms with E-state index in [0.29, 0.717) is 43.8 Å². The van der Waals surface area contributed by atoms with Gasteiger partial charge < -0.3 is 19.7 Å². The largest absolute Gasteiger partial charge is 0.506 e. The number of nitrogens with zero attached hydrogens (tertiary/aromatic N) is 2. The molecule has 0 atom stereocenters. The molecule has 1 aromatic carbocycles. The Labute approximate surface area is 158 Å². The first-order chi connectivity index (χ1) is 12.1. The van der Waals surface area contributed by atoms with Gasteiger partial charge in [0.1, 0.15) is 11.3 Å². The van der Waals surface area contributed by atoms with Crippen molar-refractivity contribution < 1.29 is 14.6 Å². The van der Waals surface area contributed by atoms with Crippen LogP contribution in [-0.4, -0.2) is 59.9 Å². The van der Waals surface area contributed by atoms with Gasteiger partial charge in [-0.15, -0.1) is 12.4 Å². The Kier molecular flexibility index (Phi) is 7.02. The lowest BCUT2D eigenvalue weighted by atomic mass is 10.1. The first kappa shape index (κ1) is 20.2. The molecule has 7 nitrogen and oxygen atoms in total. The number of para-hydroxylation sites is 1. The summed E-state index contributed by atoms with van der Waals surface area (Å²) in [6.45, 7) is 6.42. The van der Waals surface area contributed by atoms with Crippen molar-refractivity contribution in [3.8, 4) is 5.75 Å². The van der Waals surface area contributed by atoms with E-state index in [0.717, 1.165) is 13.1 Å². The maximum absolute atomic E-state index is 12.7. The fourth-order valence-electron chi connectivity index (χ4n) is 3.15. The molecule has 1 aliphatic rings. The molecule has 0 unspecified atom stereocenters. The zero-order valence-electron chi connectivity index (χ0n) is 14.7. The summed E-state index contributed by atoms with van der Waals surface area (Å²) in [4.78, 5) is 27.4. The molecule has 0 spiro atoms. The van der Waals surface area contributed by atoms with Crippen molar-refractivity contribution in [2.24, 2.45) is 0 Å². The molecular formula is C18H24ClN3O4. The van der Waals surface area contributed by atoms with Crippen molar-refractivity contribution in [3.63, 3.8) is 0 Å². The number of aryl methyl sites for hydroxylation is 1. The van der Waals surface area contributed by atoms with Gasteiger partial charge in [-0.2, -0.15) is 0 Å². The number of hydrogen-bond donors (Lipinski definition) is 2. The van der Waals surface area contributed by atoms with Crippen LogP contribution in [0.25, 0.3) is 10.9 Å². The Balaban J connectivity index is 0.00000243. The van der Waals surface area contributed by atoms with Gasteiger partial charge in [-0.25, -0.2) is 0 Å². The Hall–Kier alpha value is -2.09. The summed E-state index contributed by atoms with van der Waals surface area (Å²) >= 11 is 0. The van der Waals surface area contributed by atoms with E-state index in [1.165, 1.54) is 4.57 Å². The highest BCUT2D eigenvalue weighted by atomic mass is 35.5. The number of pyridine rings is 1. The lowest BCUT2D eigenvalue weighted by Gasteiger charge is -2.26. The summed E-state index contributed by atoms with van der Waals surface area (Å²) in [5.41, 5.74) is -0.0394. The van der Waals surface area contributed by atoms with E-state index in [9.17, 15) is 14.7 Å². The molecule has 2 aromatic rings. The number of carbonyl (C=O) groups excluding carboxylic acids is 1. The van der Waals surface area contributed by atoms with Crippen molar-refractivity contribution in [2.45, 2.75) is 13.5 Å². The molecule has 3 rings (SSSR count). The lowest BCUT2D eigenvalue weighted by molar-refractivity contribution is 0.0383. The summed E-state index contributed by atoms with van der Waals surface area (Å²) in [5, 5.41) is 13.7. The number of fused-ring (bicyclic) bond motifs is 1. The minimum atomic E-state index is -0.538. The van der Waals surface area contributed by atoms with Crippen molar-refractivity contribution in [3.05, 3.63) is 40.2 Å². The number of halogens is 1. The van der Waals surface area contributed by atoms with E-state index in [-0.39, 0.29) is 23.7 Å². The van der Waals surface area contributed by atoms with Gasteiger partial charge in [0.15, 0.2) is 0 Å². The monoisotopic (exact) mass is 381 g/mol. The van der Waals surface area contributed by atoms with Crippen LogP contribution in [0.15, 0.2) is 29.1 Å². The average molecular weight is 382 g/mol. The molecule has 2 heterocycles. The van der Waals surface area contributed by atoms with Crippen LogP contribution >= 0.6 is 12.4 Å². The van der Waals surface area contributed by atoms with Gasteiger partial charge in [-0.05, 0) is 19.1 Å². The van der Waals surface area contributed by atoms with Gasteiger partial charge in [0, 0.05) is 38.1 Å². The Morgan fingerprint density at radius 1 is 1.27 bits per heavy atom. The van der Waals surface area contributed by atoms with Crippen LogP contribution in [0.1, 0.15) is 17.3 Å². The highest BCUT2D eigenvalue weighted by Gasteiger charge is 2.21. The quantitative estimate of drug-likeness (QED) is 0.813. The molecule has 1 saturated heterocycles. The fraction of sp³-hybridized carbons (Fsp3) is 0.444. The molecule has 0 radical (unpaired) electrons. The number of aromatic nitrogens is 1. The van der Waals surface area contributed by atoms with Crippen LogP contribution in [0.3, 0.4) is 0 Å². The molecule has 142 valence electrons. The van der Waals surface area contributed by atoms with Crippen LogP contribution in [0.4, 0.5) is 0 Å². The molecular weight excluding hydrogens is 358 g/mol. The second-order valence-corrected chi connectivity index (χ2v) is 6.00. The molecule has 26 heavy (non-hydrogen) atoms. The van der Waals surface area contributed by atoms with Gasteiger partial charge in [-0.3, -0.25) is 14.5 Å². The molecule has 0 bridgehead atoms. The molecule has 1 amide bonds. The van der Waals surface area contributed by atoms with Crippen LogP contribution in [0.5, 0.6) is 5.75 Å². The third-order valence-corrected chi connectivity index (χ3v) is 4.51. The van der Waals surface area contributed by atoms with Crippen molar-refractivity contribution >= 4 is 29.2 Å².